The van der Waals surface area contributed by atoms with Gasteiger partial charge in [0, 0.05) is 37.8 Å². The Morgan fingerprint density at radius 1 is 0.906 bits per heavy atom. The van der Waals surface area contributed by atoms with Crippen molar-refractivity contribution in [2.75, 3.05) is 33.3 Å². The fourth-order valence-electron chi connectivity index (χ4n) is 2.20. The molecule has 0 atom stereocenters. The predicted molar refractivity (Wildman–Crippen MR) is 134 cm³/mol. The molecule has 0 saturated heterocycles. The largest absolute Gasteiger partial charge is 0.379 e. The van der Waals surface area contributed by atoms with Gasteiger partial charge in [0.2, 0.25) is 0 Å². The van der Waals surface area contributed by atoms with Gasteiger partial charge in [0.15, 0.2) is 11.4 Å². The van der Waals surface area contributed by atoms with Crippen LogP contribution in [0.25, 0.3) is 11.3 Å². The van der Waals surface area contributed by atoms with Crippen LogP contribution in [-0.2, 0) is 14.2 Å². The lowest BCUT2D eigenvalue weighted by Gasteiger charge is -2.10. The number of rotatable bonds is 7. The Balaban J connectivity index is 0.000000679. The second-order valence-corrected chi connectivity index (χ2v) is 6.44. The molecule has 1 aromatic heterocycles. The number of hydrogen-bond acceptors (Lipinski definition) is 6. The van der Waals surface area contributed by atoms with E-state index in [1.165, 1.54) is 11.3 Å². The highest BCUT2D eigenvalue weighted by molar-refractivity contribution is 7.14. The van der Waals surface area contributed by atoms with E-state index in [1.807, 2.05) is 81.6 Å². The molecule has 3 aromatic rings. The predicted octanol–water partition coefficient (Wildman–Crippen LogP) is 6.37. The number of benzene rings is 2. The number of nitrogens with one attached hydrogen (secondary N) is 1. The highest BCUT2D eigenvalue weighted by atomic mass is 32.1. The second kappa shape index (κ2) is 19.1. The minimum absolute atomic E-state index is 0.139. The summed E-state index contributed by atoms with van der Waals surface area (Å²) < 4.78 is 14.3. The van der Waals surface area contributed by atoms with Gasteiger partial charge in [-0.2, -0.15) is 0 Å². The van der Waals surface area contributed by atoms with Crippen molar-refractivity contribution in [3.8, 4) is 11.3 Å². The number of carbonyl (C=O) groups is 1. The summed E-state index contributed by atoms with van der Waals surface area (Å²) >= 11 is 1.42. The zero-order valence-electron chi connectivity index (χ0n) is 20.1. The van der Waals surface area contributed by atoms with Gasteiger partial charge in [-0.3, -0.25) is 10.1 Å². The van der Waals surface area contributed by atoms with E-state index in [0.717, 1.165) is 11.3 Å². The van der Waals surface area contributed by atoms with Crippen molar-refractivity contribution in [2.45, 2.75) is 34.0 Å². The summed E-state index contributed by atoms with van der Waals surface area (Å²) in [4.78, 5) is 16.4. The molecule has 0 aliphatic rings. The van der Waals surface area contributed by atoms with E-state index in [2.05, 4.69) is 10.3 Å². The van der Waals surface area contributed by atoms with Crippen LogP contribution in [-0.4, -0.2) is 45.1 Å². The first kappa shape index (κ1) is 29.4. The van der Waals surface area contributed by atoms with Gasteiger partial charge in [0.05, 0.1) is 12.3 Å². The van der Waals surface area contributed by atoms with Gasteiger partial charge >= 0.3 is 0 Å². The Hall–Kier alpha value is -2.58. The van der Waals surface area contributed by atoms with Gasteiger partial charge in [-0.15, -0.1) is 11.3 Å². The third kappa shape index (κ3) is 11.2. The molecule has 0 aliphatic heterocycles. The molecule has 0 aliphatic carbocycles. The zero-order chi connectivity index (χ0) is 24.2. The number of thiazole rings is 1. The molecular formula is C25H36N2O4S. The summed E-state index contributed by atoms with van der Waals surface area (Å²) in [5, 5.41) is 5.37. The Labute approximate surface area is 196 Å². The normalized spacial score (nSPS) is 9.38. The van der Waals surface area contributed by atoms with E-state index < -0.39 is 0 Å². The molecule has 1 heterocycles. The van der Waals surface area contributed by atoms with Gasteiger partial charge in [0.25, 0.3) is 5.91 Å². The van der Waals surface area contributed by atoms with Gasteiger partial charge in [0.1, 0.15) is 0 Å². The SMILES string of the molecule is CC.CC.COCC(OC)OC.O=C(Nc1nc(-c2ccccc2)cs1)c1ccccc1. The number of carbonyl (C=O) groups excluding carboxylic acids is 1. The van der Waals surface area contributed by atoms with Crippen molar-refractivity contribution < 1.29 is 19.0 Å². The molecule has 32 heavy (non-hydrogen) atoms. The summed E-state index contributed by atoms with van der Waals surface area (Å²) in [6.07, 6.45) is -0.222. The van der Waals surface area contributed by atoms with Crippen LogP contribution in [0.5, 0.6) is 0 Å². The Bertz CT molecular complexity index is 822. The van der Waals surface area contributed by atoms with Crippen molar-refractivity contribution in [2.24, 2.45) is 0 Å². The molecule has 1 N–H and O–H groups in total. The van der Waals surface area contributed by atoms with Gasteiger partial charge < -0.3 is 14.2 Å². The quantitative estimate of drug-likeness (QED) is 0.415. The van der Waals surface area contributed by atoms with Crippen LogP contribution in [0.2, 0.25) is 0 Å². The summed E-state index contributed by atoms with van der Waals surface area (Å²) in [6.45, 7) is 8.48. The molecule has 1 amide bonds. The van der Waals surface area contributed by atoms with Crippen molar-refractivity contribution in [1.82, 2.24) is 4.98 Å². The summed E-state index contributed by atoms with van der Waals surface area (Å²) in [7, 11) is 4.76. The number of nitrogens with zero attached hydrogens (tertiary/aromatic N) is 1. The first-order valence-corrected chi connectivity index (χ1v) is 11.5. The van der Waals surface area contributed by atoms with Crippen molar-refractivity contribution in [3.05, 3.63) is 71.6 Å². The van der Waals surface area contributed by atoms with E-state index in [1.54, 1.807) is 33.5 Å². The molecule has 0 spiro atoms. The second-order valence-electron chi connectivity index (χ2n) is 5.58. The van der Waals surface area contributed by atoms with E-state index in [-0.39, 0.29) is 12.2 Å². The average Bonchev–Trinajstić information content (AvgIpc) is 3.35. The molecule has 0 bridgehead atoms. The van der Waals surface area contributed by atoms with E-state index >= 15 is 0 Å². The minimum atomic E-state index is -0.222. The fraction of sp³-hybridized carbons (Fsp3) is 0.360. The maximum atomic E-state index is 12.0. The van der Waals surface area contributed by atoms with Crippen LogP contribution in [0.1, 0.15) is 38.1 Å². The van der Waals surface area contributed by atoms with E-state index in [9.17, 15) is 4.79 Å². The maximum absolute atomic E-state index is 12.0. The van der Waals surface area contributed by atoms with Crippen LogP contribution in [0.15, 0.2) is 66.0 Å². The first-order chi connectivity index (χ1) is 15.7. The first-order valence-electron chi connectivity index (χ1n) is 10.6. The Morgan fingerprint density at radius 3 is 1.91 bits per heavy atom. The van der Waals surface area contributed by atoms with E-state index in [4.69, 9.17) is 14.2 Å². The Morgan fingerprint density at radius 2 is 1.44 bits per heavy atom. The maximum Gasteiger partial charge on any atom is 0.257 e. The van der Waals surface area contributed by atoms with Crippen molar-refractivity contribution in [1.29, 1.82) is 0 Å². The number of aromatic nitrogens is 1. The number of methoxy groups -OCH3 is 3. The lowest BCUT2D eigenvalue weighted by atomic mass is 10.2. The third-order valence-electron chi connectivity index (χ3n) is 3.66. The summed E-state index contributed by atoms with van der Waals surface area (Å²) in [6, 6.07) is 19.0. The molecule has 0 radical (unpaired) electrons. The van der Waals surface area contributed by atoms with Crippen LogP contribution in [0.4, 0.5) is 5.13 Å². The third-order valence-corrected chi connectivity index (χ3v) is 4.42. The average molecular weight is 461 g/mol. The van der Waals surface area contributed by atoms with Crippen LogP contribution >= 0.6 is 11.3 Å². The van der Waals surface area contributed by atoms with E-state index in [0.29, 0.717) is 17.3 Å². The van der Waals surface area contributed by atoms with Crippen molar-refractivity contribution >= 4 is 22.4 Å². The summed E-state index contributed by atoms with van der Waals surface area (Å²) in [5.74, 6) is -0.139. The van der Waals surface area contributed by atoms with Gasteiger partial charge in [-0.05, 0) is 12.1 Å². The highest BCUT2D eigenvalue weighted by Crippen LogP contribution is 2.24. The lowest BCUT2D eigenvalue weighted by molar-refractivity contribution is -0.133. The molecular weight excluding hydrogens is 424 g/mol. The number of hydrogen-bond donors (Lipinski definition) is 1. The monoisotopic (exact) mass is 460 g/mol. The minimum Gasteiger partial charge on any atom is -0.379 e. The molecule has 176 valence electrons. The zero-order valence-corrected chi connectivity index (χ0v) is 20.9. The van der Waals surface area contributed by atoms with Crippen molar-refractivity contribution in [3.63, 3.8) is 0 Å². The van der Waals surface area contributed by atoms with Crippen LogP contribution < -0.4 is 5.32 Å². The molecule has 3 rings (SSSR count). The Kier molecular flexibility index (Phi) is 17.6. The standard InChI is InChI=1S/C16H12N2OS.C5H12O3.2C2H6/c19-15(13-9-5-2-6-10-13)18-16-17-14(11-20-16)12-7-3-1-4-8-12;1-6-4-5(7-2)8-3;2*1-2/h1-11H,(H,17,18,19);5H,4H2,1-3H3;2*1-2H3. The highest BCUT2D eigenvalue weighted by Gasteiger charge is 2.09. The number of anilines is 1. The molecule has 0 fully saturated rings. The van der Waals surface area contributed by atoms with Gasteiger partial charge in [-0.25, -0.2) is 4.98 Å². The summed E-state index contributed by atoms with van der Waals surface area (Å²) in [5.41, 5.74) is 2.55. The van der Waals surface area contributed by atoms with Crippen LogP contribution in [0.3, 0.4) is 0 Å². The topological polar surface area (TPSA) is 69.7 Å². The molecule has 7 heteroatoms. The molecule has 0 unspecified atom stereocenters. The molecule has 2 aromatic carbocycles. The smallest absolute Gasteiger partial charge is 0.257 e. The molecule has 0 saturated carbocycles. The molecule has 6 nitrogen and oxygen atoms in total. The number of amides is 1. The number of ether oxygens (including phenoxy) is 3. The van der Waals surface area contributed by atoms with Crippen LogP contribution in [0, 0.1) is 0 Å². The lowest BCUT2D eigenvalue weighted by Crippen LogP contribution is -2.18. The fourth-order valence-corrected chi connectivity index (χ4v) is 2.91. The van der Waals surface area contributed by atoms with Gasteiger partial charge in [-0.1, -0.05) is 76.2 Å².